The molecule has 4 unspecified atom stereocenters. The molecule has 1 heterocycles. The second-order valence-corrected chi connectivity index (χ2v) is 10.6. The predicted octanol–water partition coefficient (Wildman–Crippen LogP) is 3.30. The maximum atomic E-state index is 12.7. The molecule has 0 aliphatic heterocycles. The number of amides is 1. The summed E-state index contributed by atoms with van der Waals surface area (Å²) in [6, 6.07) is 11.6. The second-order valence-electron chi connectivity index (χ2n) is 9.57. The summed E-state index contributed by atoms with van der Waals surface area (Å²) in [5.74, 6) is 2.34. The van der Waals surface area contributed by atoms with Gasteiger partial charge in [0.25, 0.3) is 5.91 Å². The van der Waals surface area contributed by atoms with E-state index in [0.717, 1.165) is 19.3 Å². The zero-order valence-electron chi connectivity index (χ0n) is 17.7. The van der Waals surface area contributed by atoms with Crippen molar-refractivity contribution in [3.05, 3.63) is 59.9 Å². The second kappa shape index (κ2) is 8.57. The number of aliphatic hydroxyl groups is 1. The van der Waals surface area contributed by atoms with Crippen LogP contribution in [0, 0.1) is 23.7 Å². The van der Waals surface area contributed by atoms with Crippen LogP contribution in [0.3, 0.4) is 0 Å². The number of ether oxygens (including phenoxy) is 1. The third-order valence-electron chi connectivity index (χ3n) is 7.41. The summed E-state index contributed by atoms with van der Waals surface area (Å²) in [6.07, 6.45) is 6.59. The number of hydrogen-bond acceptors (Lipinski definition) is 5. The Bertz CT molecular complexity index is 983. The smallest absolute Gasteiger partial charge is 0.251 e. The lowest BCUT2D eigenvalue weighted by Gasteiger charge is -2.58. The van der Waals surface area contributed by atoms with Gasteiger partial charge in [0.05, 0.1) is 11.3 Å². The molecule has 1 amide bonds. The minimum absolute atomic E-state index is 0.143. The number of aromatic nitrogens is 1. The van der Waals surface area contributed by atoms with Crippen LogP contribution in [0.25, 0.3) is 0 Å². The van der Waals surface area contributed by atoms with Gasteiger partial charge in [-0.2, -0.15) is 0 Å². The highest BCUT2D eigenvalue weighted by molar-refractivity contribution is 7.79. The van der Waals surface area contributed by atoms with Crippen molar-refractivity contribution >= 4 is 17.0 Å². The molecule has 3 N–H and O–H groups in total. The van der Waals surface area contributed by atoms with E-state index in [1.165, 1.54) is 19.0 Å². The highest BCUT2D eigenvalue weighted by Gasteiger charge is 2.54. The molecule has 4 aliphatic carbocycles. The van der Waals surface area contributed by atoms with Crippen LogP contribution in [-0.4, -0.2) is 36.9 Å². The van der Waals surface area contributed by atoms with Gasteiger partial charge < -0.3 is 19.7 Å². The Morgan fingerprint density at radius 1 is 1.16 bits per heavy atom. The van der Waals surface area contributed by atoms with Crippen molar-refractivity contribution in [2.24, 2.45) is 23.7 Å². The summed E-state index contributed by atoms with van der Waals surface area (Å²) in [6.45, 7) is 0.639. The maximum absolute atomic E-state index is 12.7. The first-order valence-electron chi connectivity index (χ1n) is 11.2. The lowest BCUT2D eigenvalue weighted by Crippen LogP contribution is -2.56. The van der Waals surface area contributed by atoms with E-state index < -0.39 is 22.1 Å². The van der Waals surface area contributed by atoms with Crippen LogP contribution in [0.5, 0.6) is 5.75 Å². The van der Waals surface area contributed by atoms with Crippen LogP contribution >= 0.6 is 0 Å². The van der Waals surface area contributed by atoms with E-state index in [0.29, 0.717) is 47.2 Å². The molecule has 32 heavy (non-hydrogen) atoms. The van der Waals surface area contributed by atoms with Gasteiger partial charge in [0, 0.05) is 18.3 Å². The summed E-state index contributed by atoms with van der Waals surface area (Å²) in [7, 11) is 0. The summed E-state index contributed by atoms with van der Waals surface area (Å²) < 4.78 is 27.0. The maximum Gasteiger partial charge on any atom is 0.251 e. The lowest BCUT2D eigenvalue weighted by molar-refractivity contribution is -0.150. The van der Waals surface area contributed by atoms with Crippen LogP contribution in [0.15, 0.2) is 48.7 Å². The van der Waals surface area contributed by atoms with Crippen LogP contribution in [-0.2, 0) is 11.1 Å². The van der Waals surface area contributed by atoms with Crippen LogP contribution < -0.4 is 10.1 Å². The minimum Gasteiger partial charge on any atom is -0.468 e. The zero-order chi connectivity index (χ0) is 22.3. The molecule has 1 aromatic heterocycles. The Balaban J connectivity index is 1.19. The molecule has 0 radical (unpaired) electrons. The van der Waals surface area contributed by atoms with E-state index in [4.69, 9.17) is 4.74 Å². The Morgan fingerprint density at radius 2 is 1.88 bits per heavy atom. The van der Waals surface area contributed by atoms with Gasteiger partial charge in [-0.3, -0.25) is 9.78 Å². The van der Waals surface area contributed by atoms with Gasteiger partial charge in [0.15, 0.2) is 0 Å². The number of nitrogens with zero attached hydrogens (tertiary/aromatic N) is 1. The van der Waals surface area contributed by atoms with Crippen LogP contribution in [0.2, 0.25) is 0 Å². The third-order valence-corrected chi connectivity index (χ3v) is 8.11. The quantitative estimate of drug-likeness (QED) is 0.552. The van der Waals surface area contributed by atoms with Gasteiger partial charge >= 0.3 is 0 Å². The topological polar surface area (TPSA) is 109 Å². The SMILES string of the molecule is O=C(NCC1C2CC3CC1CC(O)(C3)C2)c1ccc(OC(c2ccccn2)S(=O)O)cc1. The van der Waals surface area contributed by atoms with Crippen LogP contribution in [0.4, 0.5) is 0 Å². The van der Waals surface area contributed by atoms with Crippen molar-refractivity contribution in [1.29, 1.82) is 0 Å². The highest BCUT2D eigenvalue weighted by Crippen LogP contribution is 2.58. The molecule has 7 nitrogen and oxygen atoms in total. The normalized spacial score (nSPS) is 32.3. The van der Waals surface area contributed by atoms with Crippen LogP contribution in [0.1, 0.15) is 53.6 Å². The first-order valence-corrected chi connectivity index (χ1v) is 12.3. The van der Waals surface area contributed by atoms with Gasteiger partial charge in [-0.15, -0.1) is 0 Å². The zero-order valence-corrected chi connectivity index (χ0v) is 18.5. The van der Waals surface area contributed by atoms with E-state index in [2.05, 4.69) is 10.3 Å². The van der Waals surface area contributed by atoms with E-state index in [1.54, 1.807) is 42.5 Å². The van der Waals surface area contributed by atoms with Gasteiger partial charge in [0.2, 0.25) is 16.5 Å². The summed E-state index contributed by atoms with van der Waals surface area (Å²) in [5.41, 5.74) is -0.699. The number of benzene rings is 1. The standard InChI is InChI=1S/C24H28N2O5S/c27-22(26-14-20-17-9-15-10-18(20)13-24(28,11-15)12-17)16-4-6-19(7-5-16)31-23(32(29)30)21-3-1-2-8-25-21/h1-8,15,17-18,20,23,28H,9-14H2,(H,26,27)(H,29,30). The average Bonchev–Trinajstić information content (AvgIpc) is 2.76. The molecule has 4 saturated carbocycles. The van der Waals surface area contributed by atoms with E-state index in [1.807, 2.05) is 0 Å². The molecule has 0 spiro atoms. The van der Waals surface area contributed by atoms with Gasteiger partial charge in [-0.25, -0.2) is 4.21 Å². The molecule has 4 fully saturated rings. The molecule has 0 saturated heterocycles. The minimum atomic E-state index is -2.26. The Labute approximate surface area is 189 Å². The molecule has 170 valence electrons. The number of carbonyl (C=O) groups excluding carboxylic acids is 1. The first kappa shape index (κ1) is 21.6. The Morgan fingerprint density at radius 3 is 2.47 bits per heavy atom. The molecule has 2 aromatic rings. The molecule has 1 aromatic carbocycles. The average molecular weight is 457 g/mol. The third kappa shape index (κ3) is 4.31. The fourth-order valence-electron chi connectivity index (χ4n) is 6.26. The first-order chi connectivity index (χ1) is 15.4. The molecule has 8 heteroatoms. The van der Waals surface area contributed by atoms with Crippen molar-refractivity contribution in [1.82, 2.24) is 10.3 Å². The fourth-order valence-corrected chi connectivity index (χ4v) is 6.80. The van der Waals surface area contributed by atoms with Crippen molar-refractivity contribution in [2.75, 3.05) is 6.54 Å². The molecule has 4 aliphatic rings. The predicted molar refractivity (Wildman–Crippen MR) is 119 cm³/mol. The summed E-state index contributed by atoms with van der Waals surface area (Å²) >= 11 is -2.26. The molecular formula is C24H28N2O5S. The molecule has 4 bridgehead atoms. The molecule has 4 atom stereocenters. The van der Waals surface area contributed by atoms with Crippen molar-refractivity contribution < 1.29 is 23.4 Å². The van der Waals surface area contributed by atoms with Gasteiger partial charge in [-0.05, 0) is 92.2 Å². The Hall–Kier alpha value is -2.29. The molecule has 6 rings (SSSR count). The van der Waals surface area contributed by atoms with E-state index in [-0.39, 0.29) is 5.91 Å². The van der Waals surface area contributed by atoms with Gasteiger partial charge in [0.1, 0.15) is 5.75 Å². The van der Waals surface area contributed by atoms with Crippen molar-refractivity contribution in [3.63, 3.8) is 0 Å². The van der Waals surface area contributed by atoms with Gasteiger partial charge in [-0.1, -0.05) is 6.07 Å². The number of carbonyl (C=O) groups is 1. The fraction of sp³-hybridized carbons (Fsp3) is 0.500. The summed E-state index contributed by atoms with van der Waals surface area (Å²) in [5, 5.41) is 13.8. The monoisotopic (exact) mass is 456 g/mol. The largest absolute Gasteiger partial charge is 0.468 e. The van der Waals surface area contributed by atoms with Crippen molar-refractivity contribution in [2.45, 2.75) is 43.1 Å². The molecular weight excluding hydrogens is 428 g/mol. The Kier molecular flexibility index (Phi) is 5.77. The van der Waals surface area contributed by atoms with Crippen molar-refractivity contribution in [3.8, 4) is 5.75 Å². The number of rotatable bonds is 7. The number of nitrogens with one attached hydrogen (secondary N) is 1. The number of pyridine rings is 1. The highest BCUT2D eigenvalue weighted by atomic mass is 32.2. The van der Waals surface area contributed by atoms with E-state index in [9.17, 15) is 18.7 Å². The number of hydrogen-bond donors (Lipinski definition) is 3. The summed E-state index contributed by atoms with van der Waals surface area (Å²) in [4.78, 5) is 16.8. The van der Waals surface area contributed by atoms with E-state index >= 15 is 0 Å². The lowest BCUT2D eigenvalue weighted by atomic mass is 9.50.